The average Bonchev–Trinajstić information content (AvgIpc) is 2.60. The van der Waals surface area contributed by atoms with Crippen molar-refractivity contribution in [2.24, 2.45) is 0 Å². The Morgan fingerprint density at radius 3 is 2.12 bits per heavy atom. The third-order valence-electron chi connectivity index (χ3n) is 4.16. The highest BCUT2D eigenvalue weighted by molar-refractivity contribution is 7.92. The zero-order valence-corrected chi connectivity index (χ0v) is 16.3. The van der Waals surface area contributed by atoms with Crippen LogP contribution in [-0.4, -0.2) is 33.7 Å². The quantitative estimate of drug-likeness (QED) is 0.772. The topological polar surface area (TPSA) is 66.5 Å². The predicted octanol–water partition coefficient (Wildman–Crippen LogP) is 2.68. The molecule has 5 nitrogen and oxygen atoms in total. The van der Waals surface area contributed by atoms with Gasteiger partial charge in [0.1, 0.15) is 0 Å². The number of carbonyl (C=O) groups excluding carboxylic acids is 1. The minimum absolute atomic E-state index is 0.122. The Balaban J connectivity index is 1.94. The lowest BCUT2D eigenvalue weighted by atomic mass is 10.1. The van der Waals surface area contributed by atoms with Crippen molar-refractivity contribution >= 4 is 21.6 Å². The van der Waals surface area contributed by atoms with Gasteiger partial charge in [0.2, 0.25) is 15.9 Å². The van der Waals surface area contributed by atoms with Crippen LogP contribution >= 0.6 is 0 Å². The van der Waals surface area contributed by atoms with Crippen LogP contribution < -0.4 is 9.62 Å². The van der Waals surface area contributed by atoms with E-state index in [1.807, 2.05) is 50.2 Å². The third kappa shape index (κ3) is 5.88. The Labute approximate surface area is 156 Å². The van der Waals surface area contributed by atoms with Crippen LogP contribution in [0.4, 0.5) is 5.69 Å². The predicted molar refractivity (Wildman–Crippen MR) is 106 cm³/mol. The molecule has 0 aliphatic carbocycles. The number of sulfonamides is 1. The summed E-state index contributed by atoms with van der Waals surface area (Å²) in [5.41, 5.74) is 3.83. The number of rotatable bonds is 8. The number of nitrogens with zero attached hydrogens (tertiary/aromatic N) is 1. The van der Waals surface area contributed by atoms with Crippen molar-refractivity contribution in [3.63, 3.8) is 0 Å². The van der Waals surface area contributed by atoms with Crippen LogP contribution in [0.5, 0.6) is 0 Å². The molecule has 0 radical (unpaired) electrons. The molecule has 2 rings (SSSR count). The standard InChI is InChI=1S/C20H26N2O3S/c1-4-17-9-11-19(12-10-17)22(26(3,24)25)14-13-21-20(23)15-18-7-5-16(2)6-8-18/h5-12H,4,13-15H2,1-3H3,(H,21,23). The first-order chi connectivity index (χ1) is 12.3. The smallest absolute Gasteiger partial charge is 0.232 e. The van der Waals surface area contributed by atoms with E-state index < -0.39 is 10.0 Å². The molecule has 0 spiro atoms. The number of aryl methyl sites for hydroxylation is 2. The Morgan fingerprint density at radius 1 is 1.00 bits per heavy atom. The molecule has 0 aromatic heterocycles. The van der Waals surface area contributed by atoms with Gasteiger partial charge in [-0.05, 0) is 36.6 Å². The minimum atomic E-state index is -3.42. The molecule has 2 aromatic rings. The fraction of sp³-hybridized carbons (Fsp3) is 0.350. The molecule has 1 amide bonds. The highest BCUT2D eigenvalue weighted by Crippen LogP contribution is 2.18. The molecule has 6 heteroatoms. The molecular weight excluding hydrogens is 348 g/mol. The van der Waals surface area contributed by atoms with E-state index in [-0.39, 0.29) is 25.4 Å². The van der Waals surface area contributed by atoms with Crippen molar-refractivity contribution in [3.8, 4) is 0 Å². The maximum Gasteiger partial charge on any atom is 0.232 e. The second-order valence-electron chi connectivity index (χ2n) is 6.37. The van der Waals surface area contributed by atoms with E-state index in [1.54, 1.807) is 12.1 Å². The number of anilines is 1. The van der Waals surface area contributed by atoms with Gasteiger partial charge in [-0.2, -0.15) is 0 Å². The van der Waals surface area contributed by atoms with Crippen LogP contribution in [0.1, 0.15) is 23.6 Å². The zero-order chi connectivity index (χ0) is 19.2. The lowest BCUT2D eigenvalue weighted by Crippen LogP contribution is -2.38. The average molecular weight is 375 g/mol. The van der Waals surface area contributed by atoms with Gasteiger partial charge in [0.05, 0.1) is 24.9 Å². The van der Waals surface area contributed by atoms with Gasteiger partial charge >= 0.3 is 0 Å². The first-order valence-corrected chi connectivity index (χ1v) is 10.5. The maximum absolute atomic E-state index is 12.1. The molecule has 0 bridgehead atoms. The van der Waals surface area contributed by atoms with Gasteiger partial charge < -0.3 is 5.32 Å². The summed E-state index contributed by atoms with van der Waals surface area (Å²) < 4.78 is 25.5. The van der Waals surface area contributed by atoms with Crippen molar-refractivity contribution in [2.45, 2.75) is 26.7 Å². The molecule has 0 heterocycles. The molecular formula is C20H26N2O3S. The summed E-state index contributed by atoms with van der Waals surface area (Å²) in [6.07, 6.45) is 2.35. The van der Waals surface area contributed by atoms with E-state index in [0.29, 0.717) is 5.69 Å². The number of benzene rings is 2. The first-order valence-electron chi connectivity index (χ1n) is 8.68. The van der Waals surface area contributed by atoms with Crippen LogP contribution in [0.15, 0.2) is 48.5 Å². The zero-order valence-electron chi connectivity index (χ0n) is 15.5. The van der Waals surface area contributed by atoms with Crippen LogP contribution in [0, 0.1) is 6.92 Å². The SMILES string of the molecule is CCc1ccc(N(CCNC(=O)Cc2ccc(C)cc2)S(C)(=O)=O)cc1. The normalized spacial score (nSPS) is 11.2. The molecule has 0 aliphatic rings. The van der Waals surface area contributed by atoms with Crippen molar-refractivity contribution in [2.75, 3.05) is 23.7 Å². The van der Waals surface area contributed by atoms with Crippen LogP contribution in [0.25, 0.3) is 0 Å². The Kier molecular flexibility index (Phi) is 6.80. The Morgan fingerprint density at radius 2 is 1.58 bits per heavy atom. The van der Waals surface area contributed by atoms with Gasteiger partial charge in [-0.3, -0.25) is 9.10 Å². The number of hydrogen-bond acceptors (Lipinski definition) is 3. The third-order valence-corrected chi connectivity index (χ3v) is 5.35. The van der Waals surface area contributed by atoms with E-state index >= 15 is 0 Å². The number of carbonyl (C=O) groups is 1. The number of hydrogen-bond donors (Lipinski definition) is 1. The fourth-order valence-electron chi connectivity index (χ4n) is 2.64. The number of nitrogens with one attached hydrogen (secondary N) is 1. The lowest BCUT2D eigenvalue weighted by Gasteiger charge is -2.22. The maximum atomic E-state index is 12.1. The molecule has 140 valence electrons. The van der Waals surface area contributed by atoms with Crippen molar-refractivity contribution in [1.82, 2.24) is 5.32 Å². The van der Waals surface area contributed by atoms with Gasteiger partial charge in [-0.15, -0.1) is 0 Å². The Bertz CT molecular complexity index is 828. The summed E-state index contributed by atoms with van der Waals surface area (Å²) in [5.74, 6) is -0.122. The van der Waals surface area contributed by atoms with Crippen molar-refractivity contribution < 1.29 is 13.2 Å². The summed E-state index contributed by atoms with van der Waals surface area (Å²) in [6.45, 7) is 4.50. The van der Waals surface area contributed by atoms with Crippen molar-refractivity contribution in [3.05, 3.63) is 65.2 Å². The highest BCUT2D eigenvalue weighted by atomic mass is 32.2. The summed E-state index contributed by atoms with van der Waals surface area (Å²) in [4.78, 5) is 12.1. The van der Waals surface area contributed by atoms with Crippen LogP contribution in [0.2, 0.25) is 0 Å². The van der Waals surface area contributed by atoms with E-state index in [9.17, 15) is 13.2 Å². The van der Waals surface area contributed by atoms with Crippen LogP contribution in [0.3, 0.4) is 0 Å². The van der Waals surface area contributed by atoms with Gasteiger partial charge in [0, 0.05) is 6.54 Å². The van der Waals surface area contributed by atoms with Gasteiger partial charge in [-0.25, -0.2) is 8.42 Å². The molecule has 0 atom stereocenters. The van der Waals surface area contributed by atoms with Crippen LogP contribution in [-0.2, 0) is 27.7 Å². The van der Waals surface area contributed by atoms with Gasteiger partial charge in [0.15, 0.2) is 0 Å². The van der Waals surface area contributed by atoms with Crippen molar-refractivity contribution in [1.29, 1.82) is 0 Å². The summed E-state index contributed by atoms with van der Waals surface area (Å²) in [7, 11) is -3.42. The van der Waals surface area contributed by atoms with Gasteiger partial charge in [-0.1, -0.05) is 48.9 Å². The molecule has 0 unspecified atom stereocenters. The Hall–Kier alpha value is -2.34. The van der Waals surface area contributed by atoms with E-state index in [2.05, 4.69) is 5.32 Å². The second kappa shape index (κ2) is 8.85. The molecule has 0 saturated heterocycles. The largest absolute Gasteiger partial charge is 0.354 e. The van der Waals surface area contributed by atoms with E-state index in [1.165, 1.54) is 10.6 Å². The number of amides is 1. The summed E-state index contributed by atoms with van der Waals surface area (Å²) >= 11 is 0. The summed E-state index contributed by atoms with van der Waals surface area (Å²) in [6, 6.07) is 15.2. The fourth-order valence-corrected chi connectivity index (χ4v) is 3.56. The monoisotopic (exact) mass is 374 g/mol. The first kappa shape index (κ1) is 20.0. The minimum Gasteiger partial charge on any atom is -0.354 e. The molecule has 1 N–H and O–H groups in total. The second-order valence-corrected chi connectivity index (χ2v) is 8.27. The molecule has 26 heavy (non-hydrogen) atoms. The lowest BCUT2D eigenvalue weighted by molar-refractivity contribution is -0.120. The molecule has 0 fully saturated rings. The molecule has 0 aliphatic heterocycles. The van der Waals surface area contributed by atoms with E-state index in [0.717, 1.165) is 23.1 Å². The van der Waals surface area contributed by atoms with Gasteiger partial charge in [0.25, 0.3) is 0 Å². The molecule has 0 saturated carbocycles. The highest BCUT2D eigenvalue weighted by Gasteiger charge is 2.17. The molecule has 2 aromatic carbocycles. The van der Waals surface area contributed by atoms with E-state index in [4.69, 9.17) is 0 Å². The summed E-state index contributed by atoms with van der Waals surface area (Å²) in [5, 5.41) is 2.80.